The minimum absolute atomic E-state index is 0.107. The molecule has 118 valence electrons. The van der Waals surface area contributed by atoms with Crippen LogP contribution in [0.1, 0.15) is 57.3 Å². The number of rotatable bonds is 6. The Hall–Kier alpha value is -1.36. The maximum absolute atomic E-state index is 10.1. The molecule has 0 spiro atoms. The van der Waals surface area contributed by atoms with Crippen molar-refractivity contribution in [3.05, 3.63) is 11.4 Å². The van der Waals surface area contributed by atoms with Gasteiger partial charge in [-0.2, -0.15) is 0 Å². The van der Waals surface area contributed by atoms with E-state index in [-0.39, 0.29) is 12.1 Å². The predicted molar refractivity (Wildman–Crippen MR) is 86.8 cm³/mol. The van der Waals surface area contributed by atoms with Gasteiger partial charge in [-0.05, 0) is 26.2 Å². The van der Waals surface area contributed by atoms with Crippen LogP contribution in [0.4, 0.5) is 11.6 Å². The molecule has 0 saturated heterocycles. The first-order chi connectivity index (χ1) is 10.2. The number of hydrogen-bond donors (Lipinski definition) is 3. The van der Waals surface area contributed by atoms with E-state index in [4.69, 9.17) is 0 Å². The summed E-state index contributed by atoms with van der Waals surface area (Å²) in [5.74, 6) is 2.62. The average Bonchev–Trinajstić information content (AvgIpc) is 2.50. The summed E-state index contributed by atoms with van der Waals surface area (Å²) in [5.41, 5.74) is 1.04. The molecule has 5 heteroatoms. The van der Waals surface area contributed by atoms with Crippen molar-refractivity contribution in [3.8, 4) is 0 Å². The van der Waals surface area contributed by atoms with Crippen LogP contribution >= 0.6 is 0 Å². The van der Waals surface area contributed by atoms with E-state index in [9.17, 15) is 5.11 Å². The summed E-state index contributed by atoms with van der Waals surface area (Å²) in [6, 6.07) is 0.107. The number of aliphatic hydroxyl groups excluding tert-OH is 1. The van der Waals surface area contributed by atoms with Gasteiger partial charge in [0.2, 0.25) is 0 Å². The number of hydrogen-bond acceptors (Lipinski definition) is 5. The molecule has 1 aromatic rings. The highest BCUT2D eigenvalue weighted by molar-refractivity contribution is 5.57. The Kier molecular flexibility index (Phi) is 5.79. The normalized spacial score (nSPS) is 22.1. The van der Waals surface area contributed by atoms with Crippen LogP contribution in [-0.2, 0) is 6.42 Å². The molecule has 1 heterocycles. The van der Waals surface area contributed by atoms with Crippen molar-refractivity contribution in [2.75, 3.05) is 17.2 Å². The zero-order valence-electron chi connectivity index (χ0n) is 13.4. The molecule has 1 fully saturated rings. The van der Waals surface area contributed by atoms with Gasteiger partial charge in [0, 0.05) is 18.5 Å². The molecule has 0 radical (unpaired) electrons. The largest absolute Gasteiger partial charge is 0.391 e. The van der Waals surface area contributed by atoms with Crippen LogP contribution in [0, 0.1) is 6.92 Å². The lowest BCUT2D eigenvalue weighted by atomic mass is 9.92. The molecule has 0 bridgehead atoms. The third-order valence-electron chi connectivity index (χ3n) is 4.10. The summed E-state index contributed by atoms with van der Waals surface area (Å²) >= 11 is 0. The van der Waals surface area contributed by atoms with Gasteiger partial charge < -0.3 is 15.7 Å². The van der Waals surface area contributed by atoms with Crippen LogP contribution in [0.2, 0.25) is 0 Å². The van der Waals surface area contributed by atoms with Crippen LogP contribution in [-0.4, -0.2) is 33.8 Å². The first-order valence-corrected chi connectivity index (χ1v) is 8.21. The third-order valence-corrected chi connectivity index (χ3v) is 4.10. The zero-order valence-corrected chi connectivity index (χ0v) is 13.4. The molecular formula is C16H28N4O. The van der Waals surface area contributed by atoms with Crippen molar-refractivity contribution in [1.82, 2.24) is 9.97 Å². The summed E-state index contributed by atoms with van der Waals surface area (Å²) < 4.78 is 0. The van der Waals surface area contributed by atoms with E-state index < -0.39 is 0 Å². The van der Waals surface area contributed by atoms with Crippen molar-refractivity contribution in [2.45, 2.75) is 71.4 Å². The smallest absolute Gasteiger partial charge is 0.135 e. The molecule has 2 unspecified atom stereocenters. The Bertz CT molecular complexity index is 464. The highest BCUT2D eigenvalue weighted by atomic mass is 16.3. The van der Waals surface area contributed by atoms with Crippen LogP contribution in [0.15, 0.2) is 0 Å². The van der Waals surface area contributed by atoms with Crippen LogP contribution in [0.25, 0.3) is 0 Å². The molecule has 3 N–H and O–H groups in total. The van der Waals surface area contributed by atoms with Crippen molar-refractivity contribution in [2.24, 2.45) is 0 Å². The summed E-state index contributed by atoms with van der Waals surface area (Å²) in [6.07, 6.45) is 5.77. The van der Waals surface area contributed by atoms with Crippen molar-refractivity contribution < 1.29 is 5.11 Å². The van der Waals surface area contributed by atoms with E-state index in [0.717, 1.165) is 61.7 Å². The molecule has 1 aliphatic rings. The van der Waals surface area contributed by atoms with Gasteiger partial charge in [0.15, 0.2) is 0 Å². The van der Waals surface area contributed by atoms with E-state index >= 15 is 0 Å². The molecule has 0 aliphatic heterocycles. The standard InChI is InChI=1S/C16H28N4O/c1-4-10-17-15-11(3)16(20-14(5-2)19-15)18-12-8-6-7-9-13(12)21/h12-13,21H,4-10H2,1-3H3,(H2,17,18,19,20). The second-order valence-corrected chi connectivity index (χ2v) is 5.85. The Labute approximate surface area is 127 Å². The highest BCUT2D eigenvalue weighted by Gasteiger charge is 2.24. The lowest BCUT2D eigenvalue weighted by molar-refractivity contribution is 0.116. The van der Waals surface area contributed by atoms with Gasteiger partial charge in [-0.25, -0.2) is 9.97 Å². The molecule has 1 aliphatic carbocycles. The quantitative estimate of drug-likeness (QED) is 0.752. The number of aromatic nitrogens is 2. The fourth-order valence-electron chi connectivity index (χ4n) is 2.73. The fraction of sp³-hybridized carbons (Fsp3) is 0.750. The number of anilines is 2. The first-order valence-electron chi connectivity index (χ1n) is 8.21. The minimum Gasteiger partial charge on any atom is -0.391 e. The average molecular weight is 292 g/mol. The van der Waals surface area contributed by atoms with Gasteiger partial charge in [-0.15, -0.1) is 0 Å². The number of aryl methyl sites for hydroxylation is 1. The van der Waals surface area contributed by atoms with Gasteiger partial charge in [0.25, 0.3) is 0 Å². The number of nitrogens with one attached hydrogen (secondary N) is 2. The second kappa shape index (κ2) is 7.59. The molecule has 21 heavy (non-hydrogen) atoms. The van der Waals surface area contributed by atoms with Crippen LogP contribution < -0.4 is 10.6 Å². The lowest BCUT2D eigenvalue weighted by Gasteiger charge is -2.29. The Morgan fingerprint density at radius 2 is 1.86 bits per heavy atom. The van der Waals surface area contributed by atoms with Gasteiger partial charge in [-0.3, -0.25) is 0 Å². The summed E-state index contributed by atoms with van der Waals surface area (Å²) in [5, 5.41) is 17.0. The zero-order chi connectivity index (χ0) is 15.2. The van der Waals surface area contributed by atoms with Gasteiger partial charge >= 0.3 is 0 Å². The van der Waals surface area contributed by atoms with Crippen LogP contribution in [0.3, 0.4) is 0 Å². The van der Waals surface area contributed by atoms with Crippen molar-refractivity contribution in [1.29, 1.82) is 0 Å². The van der Waals surface area contributed by atoms with Gasteiger partial charge in [-0.1, -0.05) is 26.7 Å². The second-order valence-electron chi connectivity index (χ2n) is 5.85. The highest BCUT2D eigenvalue weighted by Crippen LogP contribution is 2.25. The third kappa shape index (κ3) is 4.06. The SMILES string of the molecule is CCCNc1nc(CC)nc(NC2CCCCC2O)c1C. The molecule has 0 amide bonds. The van der Waals surface area contributed by atoms with Gasteiger partial charge in [0.1, 0.15) is 17.5 Å². The van der Waals surface area contributed by atoms with E-state index in [2.05, 4.69) is 34.4 Å². The minimum atomic E-state index is -0.273. The molecule has 1 aromatic heterocycles. The molecule has 0 aromatic carbocycles. The van der Waals surface area contributed by atoms with Crippen LogP contribution in [0.5, 0.6) is 0 Å². The maximum atomic E-state index is 10.1. The van der Waals surface area contributed by atoms with Crippen molar-refractivity contribution in [3.63, 3.8) is 0 Å². The first kappa shape index (κ1) is 16.0. The monoisotopic (exact) mass is 292 g/mol. The topological polar surface area (TPSA) is 70.1 Å². The maximum Gasteiger partial charge on any atom is 0.135 e. The Morgan fingerprint density at radius 3 is 2.52 bits per heavy atom. The number of aliphatic hydroxyl groups is 1. The summed E-state index contributed by atoms with van der Waals surface area (Å²) in [7, 11) is 0. The lowest BCUT2D eigenvalue weighted by Crippen LogP contribution is -2.37. The van der Waals surface area contributed by atoms with E-state index in [0.29, 0.717) is 0 Å². The summed E-state index contributed by atoms with van der Waals surface area (Å²) in [4.78, 5) is 9.19. The molecule has 5 nitrogen and oxygen atoms in total. The molecule has 2 rings (SSSR count). The Morgan fingerprint density at radius 1 is 1.14 bits per heavy atom. The molecule has 1 saturated carbocycles. The number of nitrogens with zero attached hydrogens (tertiary/aromatic N) is 2. The fourth-order valence-corrected chi connectivity index (χ4v) is 2.73. The molecular weight excluding hydrogens is 264 g/mol. The predicted octanol–water partition coefficient (Wildman–Crippen LogP) is 2.88. The van der Waals surface area contributed by atoms with E-state index in [1.165, 1.54) is 6.42 Å². The summed E-state index contributed by atoms with van der Waals surface area (Å²) in [6.45, 7) is 7.15. The van der Waals surface area contributed by atoms with E-state index in [1.807, 2.05) is 6.92 Å². The van der Waals surface area contributed by atoms with E-state index in [1.54, 1.807) is 0 Å². The molecule has 2 atom stereocenters. The van der Waals surface area contributed by atoms with Crippen molar-refractivity contribution >= 4 is 11.6 Å². The van der Waals surface area contributed by atoms with Gasteiger partial charge in [0.05, 0.1) is 12.1 Å². The Balaban J connectivity index is 2.20.